The summed E-state index contributed by atoms with van der Waals surface area (Å²) < 4.78 is 10.7. The fourth-order valence-electron chi connectivity index (χ4n) is 2.06. The van der Waals surface area contributed by atoms with Crippen LogP contribution in [0.4, 0.5) is 0 Å². The van der Waals surface area contributed by atoms with Crippen LogP contribution in [0.1, 0.15) is 60.8 Å². The molecule has 0 aromatic rings. The minimum absolute atomic E-state index is 0.159. The average molecular weight is 273 g/mol. The van der Waals surface area contributed by atoms with Crippen LogP contribution in [0.5, 0.6) is 0 Å². The van der Waals surface area contributed by atoms with Crippen LogP contribution in [-0.2, 0) is 14.3 Å². The number of hydrogen-bond donors (Lipinski definition) is 1. The molecule has 0 amide bonds. The molecule has 0 bridgehead atoms. The van der Waals surface area contributed by atoms with E-state index in [1.165, 1.54) is 0 Å². The Labute approximate surface area is 118 Å². The van der Waals surface area contributed by atoms with Crippen molar-refractivity contribution in [3.05, 3.63) is 0 Å². The Balaban J connectivity index is 4.23. The molecule has 114 valence electrons. The first kappa shape index (κ1) is 18.4. The molecule has 4 heteroatoms. The maximum absolute atomic E-state index is 12.1. The highest BCUT2D eigenvalue weighted by Gasteiger charge is 2.34. The van der Waals surface area contributed by atoms with Gasteiger partial charge in [-0.3, -0.25) is 10.1 Å². The van der Waals surface area contributed by atoms with E-state index < -0.39 is 5.54 Å². The molecule has 1 atom stereocenters. The predicted molar refractivity (Wildman–Crippen MR) is 78.2 cm³/mol. The van der Waals surface area contributed by atoms with Crippen molar-refractivity contribution in [3.63, 3.8) is 0 Å². The van der Waals surface area contributed by atoms with E-state index in [0.717, 1.165) is 25.9 Å². The molecule has 0 spiro atoms. The number of carbonyl (C=O) groups is 1. The molecular weight excluding hydrogens is 242 g/mol. The van der Waals surface area contributed by atoms with Crippen molar-refractivity contribution in [2.24, 2.45) is 0 Å². The average Bonchev–Trinajstić information content (AvgIpc) is 2.27. The van der Waals surface area contributed by atoms with Crippen molar-refractivity contribution in [3.8, 4) is 0 Å². The molecule has 1 unspecified atom stereocenters. The number of hydrogen-bond acceptors (Lipinski definition) is 4. The largest absolute Gasteiger partial charge is 0.465 e. The first-order valence-electron chi connectivity index (χ1n) is 7.38. The van der Waals surface area contributed by atoms with Crippen LogP contribution >= 0.6 is 0 Å². The first-order chi connectivity index (χ1) is 8.81. The molecule has 0 saturated heterocycles. The smallest absolute Gasteiger partial charge is 0.326 e. The summed E-state index contributed by atoms with van der Waals surface area (Å²) in [5.74, 6) is -0.159. The Morgan fingerprint density at radius 1 is 1.21 bits per heavy atom. The second kappa shape index (κ2) is 9.32. The lowest BCUT2D eigenvalue weighted by atomic mass is 9.94. The second-order valence-corrected chi connectivity index (χ2v) is 5.73. The Morgan fingerprint density at radius 3 is 2.32 bits per heavy atom. The van der Waals surface area contributed by atoms with Gasteiger partial charge in [-0.1, -0.05) is 0 Å². The normalized spacial score (nSPS) is 14.7. The van der Waals surface area contributed by atoms with Crippen LogP contribution in [0.15, 0.2) is 0 Å². The molecule has 0 aromatic heterocycles. The summed E-state index contributed by atoms with van der Waals surface area (Å²) in [7, 11) is 0. The zero-order valence-electron chi connectivity index (χ0n) is 13.4. The molecule has 0 saturated carbocycles. The molecule has 0 rings (SSSR count). The van der Waals surface area contributed by atoms with Crippen LogP contribution in [-0.4, -0.2) is 36.9 Å². The van der Waals surface area contributed by atoms with Gasteiger partial charge in [0.05, 0.1) is 12.7 Å². The van der Waals surface area contributed by atoms with Crippen LogP contribution in [0.25, 0.3) is 0 Å². The van der Waals surface area contributed by atoms with E-state index in [2.05, 4.69) is 5.32 Å². The summed E-state index contributed by atoms with van der Waals surface area (Å²) in [5, 5.41) is 3.33. The Kier molecular flexibility index (Phi) is 9.02. The van der Waals surface area contributed by atoms with Gasteiger partial charge in [-0.15, -0.1) is 0 Å². The number of rotatable bonds is 10. The van der Waals surface area contributed by atoms with Gasteiger partial charge in [0.25, 0.3) is 0 Å². The molecule has 0 radical (unpaired) electrons. The molecule has 0 aromatic carbocycles. The third kappa shape index (κ3) is 8.22. The highest BCUT2D eigenvalue weighted by molar-refractivity contribution is 5.80. The monoisotopic (exact) mass is 273 g/mol. The summed E-state index contributed by atoms with van der Waals surface area (Å²) in [6, 6.07) is 0.251. The highest BCUT2D eigenvalue weighted by Crippen LogP contribution is 2.17. The third-order valence-corrected chi connectivity index (χ3v) is 2.86. The van der Waals surface area contributed by atoms with Gasteiger partial charge in [-0.05, 0) is 60.8 Å². The summed E-state index contributed by atoms with van der Waals surface area (Å²) in [4.78, 5) is 12.1. The van der Waals surface area contributed by atoms with Crippen molar-refractivity contribution in [2.75, 3.05) is 13.2 Å². The van der Waals surface area contributed by atoms with E-state index >= 15 is 0 Å². The van der Waals surface area contributed by atoms with E-state index in [1.807, 2.05) is 41.5 Å². The molecule has 0 aliphatic carbocycles. The minimum Gasteiger partial charge on any atom is -0.465 e. The molecule has 1 N–H and O–H groups in total. The maximum atomic E-state index is 12.1. The molecule has 4 nitrogen and oxygen atoms in total. The summed E-state index contributed by atoms with van der Waals surface area (Å²) in [6.45, 7) is 13.1. The number of nitrogens with one attached hydrogen (secondary N) is 1. The van der Waals surface area contributed by atoms with Crippen LogP contribution < -0.4 is 5.32 Å². The zero-order valence-corrected chi connectivity index (χ0v) is 13.4. The Bertz CT molecular complexity index is 254. The Hall–Kier alpha value is -0.610. The van der Waals surface area contributed by atoms with Crippen molar-refractivity contribution < 1.29 is 14.3 Å². The molecule has 0 fully saturated rings. The number of carbonyl (C=O) groups excluding carboxylic acids is 1. The van der Waals surface area contributed by atoms with Gasteiger partial charge in [-0.2, -0.15) is 0 Å². The van der Waals surface area contributed by atoms with E-state index in [1.54, 1.807) is 0 Å². The standard InChI is InChI=1S/C15H31NO3/c1-7-18-14(17)15(6,16-12(2)3)10-8-9-11-19-13(4)5/h12-13,16H,7-11H2,1-6H3. The van der Waals surface area contributed by atoms with Gasteiger partial charge in [0.1, 0.15) is 5.54 Å². The summed E-state index contributed by atoms with van der Waals surface area (Å²) in [5.41, 5.74) is -0.595. The summed E-state index contributed by atoms with van der Waals surface area (Å²) in [6.07, 6.45) is 2.95. The summed E-state index contributed by atoms with van der Waals surface area (Å²) >= 11 is 0. The lowest BCUT2D eigenvalue weighted by Crippen LogP contribution is -2.53. The first-order valence-corrected chi connectivity index (χ1v) is 7.38. The van der Waals surface area contributed by atoms with Gasteiger partial charge in [0.15, 0.2) is 0 Å². The lowest BCUT2D eigenvalue weighted by molar-refractivity contribution is -0.151. The molecule has 0 aliphatic rings. The maximum Gasteiger partial charge on any atom is 0.326 e. The fourth-order valence-corrected chi connectivity index (χ4v) is 2.06. The number of ether oxygens (including phenoxy) is 2. The van der Waals surface area contributed by atoms with Gasteiger partial charge in [0, 0.05) is 12.6 Å². The zero-order chi connectivity index (χ0) is 14.9. The SMILES string of the molecule is CCOC(=O)C(C)(CCCCOC(C)C)NC(C)C. The van der Waals surface area contributed by atoms with Gasteiger partial charge < -0.3 is 9.47 Å². The highest BCUT2D eigenvalue weighted by atomic mass is 16.5. The third-order valence-electron chi connectivity index (χ3n) is 2.86. The van der Waals surface area contributed by atoms with E-state index in [0.29, 0.717) is 6.61 Å². The van der Waals surface area contributed by atoms with Crippen molar-refractivity contribution in [1.29, 1.82) is 0 Å². The van der Waals surface area contributed by atoms with E-state index in [4.69, 9.17) is 9.47 Å². The predicted octanol–water partition coefficient (Wildman–Crippen LogP) is 2.90. The van der Waals surface area contributed by atoms with E-state index in [-0.39, 0.29) is 18.1 Å². The number of unbranched alkanes of at least 4 members (excludes halogenated alkanes) is 1. The van der Waals surface area contributed by atoms with Crippen LogP contribution in [0.2, 0.25) is 0 Å². The molecule has 0 heterocycles. The van der Waals surface area contributed by atoms with Crippen LogP contribution in [0, 0.1) is 0 Å². The van der Waals surface area contributed by atoms with Gasteiger partial charge in [-0.25, -0.2) is 0 Å². The Morgan fingerprint density at radius 2 is 1.84 bits per heavy atom. The van der Waals surface area contributed by atoms with Crippen molar-refractivity contribution in [1.82, 2.24) is 5.32 Å². The topological polar surface area (TPSA) is 47.6 Å². The molecular formula is C15H31NO3. The van der Waals surface area contributed by atoms with Gasteiger partial charge in [0.2, 0.25) is 0 Å². The van der Waals surface area contributed by atoms with Gasteiger partial charge >= 0.3 is 5.97 Å². The quantitative estimate of drug-likeness (QED) is 0.491. The van der Waals surface area contributed by atoms with Crippen LogP contribution in [0.3, 0.4) is 0 Å². The minimum atomic E-state index is -0.595. The second-order valence-electron chi connectivity index (χ2n) is 5.73. The molecule has 19 heavy (non-hydrogen) atoms. The van der Waals surface area contributed by atoms with E-state index in [9.17, 15) is 4.79 Å². The molecule has 0 aliphatic heterocycles. The fraction of sp³-hybridized carbons (Fsp3) is 0.933. The lowest BCUT2D eigenvalue weighted by Gasteiger charge is -2.30. The number of esters is 1. The van der Waals surface area contributed by atoms with Crippen molar-refractivity contribution in [2.45, 2.75) is 78.5 Å². The van der Waals surface area contributed by atoms with Crippen molar-refractivity contribution >= 4 is 5.97 Å².